The van der Waals surface area contributed by atoms with Crippen molar-refractivity contribution in [3.63, 3.8) is 0 Å². The van der Waals surface area contributed by atoms with Crippen LogP contribution in [0.5, 0.6) is 0 Å². The summed E-state index contributed by atoms with van der Waals surface area (Å²) in [4.78, 5) is 25.3. The third-order valence-electron chi connectivity index (χ3n) is 2.18. The first-order chi connectivity index (χ1) is 8.56. The Labute approximate surface area is 120 Å². The Morgan fingerprint density at radius 2 is 2.28 bits per heavy atom. The standard InChI is InChI=1S/C11H8BrClN2O2S/c12-6-1-2-9(13)8(3-6)10(16)14-4-7-5-18-11(17)15-7/h1-3,5H,4H2,(H,14,16)(H,15,17). The number of rotatable bonds is 3. The number of hydrogen-bond acceptors (Lipinski definition) is 3. The van der Waals surface area contributed by atoms with E-state index in [1.807, 2.05) is 0 Å². The molecular weight excluding hydrogens is 340 g/mol. The van der Waals surface area contributed by atoms with E-state index in [0.29, 0.717) is 16.3 Å². The monoisotopic (exact) mass is 346 g/mol. The molecule has 2 N–H and O–H groups in total. The number of aromatic amines is 1. The van der Waals surface area contributed by atoms with Crippen molar-refractivity contribution in [3.05, 3.63) is 54.0 Å². The summed E-state index contributed by atoms with van der Waals surface area (Å²) in [6.45, 7) is 0.264. The van der Waals surface area contributed by atoms with E-state index in [9.17, 15) is 9.59 Å². The maximum atomic E-state index is 11.9. The topological polar surface area (TPSA) is 62.0 Å². The molecule has 94 valence electrons. The highest BCUT2D eigenvalue weighted by Gasteiger charge is 2.10. The maximum absolute atomic E-state index is 11.9. The Kier molecular flexibility index (Phi) is 4.21. The zero-order valence-corrected chi connectivity index (χ0v) is 12.2. The molecule has 0 bridgehead atoms. The van der Waals surface area contributed by atoms with Gasteiger partial charge in [0, 0.05) is 15.5 Å². The summed E-state index contributed by atoms with van der Waals surface area (Å²) >= 11 is 10.3. The summed E-state index contributed by atoms with van der Waals surface area (Å²) in [7, 11) is 0. The first-order valence-electron chi connectivity index (χ1n) is 4.96. The Morgan fingerprint density at radius 3 is 2.94 bits per heavy atom. The Balaban J connectivity index is 2.08. The average Bonchev–Trinajstić information content (AvgIpc) is 2.75. The lowest BCUT2D eigenvalue weighted by molar-refractivity contribution is 0.0950. The summed E-state index contributed by atoms with van der Waals surface area (Å²) in [6.07, 6.45) is 0. The molecule has 18 heavy (non-hydrogen) atoms. The molecule has 7 heteroatoms. The number of halogens is 2. The van der Waals surface area contributed by atoms with Crippen LogP contribution < -0.4 is 10.2 Å². The second kappa shape index (κ2) is 5.69. The molecule has 0 aliphatic rings. The predicted molar refractivity (Wildman–Crippen MR) is 75.3 cm³/mol. The normalized spacial score (nSPS) is 10.3. The molecular formula is C11H8BrClN2O2S. The second-order valence-corrected chi connectivity index (χ2v) is 5.65. The molecule has 1 amide bonds. The summed E-state index contributed by atoms with van der Waals surface area (Å²) in [5.74, 6) is -0.284. The van der Waals surface area contributed by atoms with Crippen molar-refractivity contribution in [2.24, 2.45) is 0 Å². The molecule has 1 aromatic heterocycles. The lowest BCUT2D eigenvalue weighted by Gasteiger charge is -2.06. The van der Waals surface area contributed by atoms with E-state index in [1.54, 1.807) is 23.6 Å². The van der Waals surface area contributed by atoms with E-state index < -0.39 is 0 Å². The third-order valence-corrected chi connectivity index (χ3v) is 3.72. The number of amides is 1. The van der Waals surface area contributed by atoms with Crippen molar-refractivity contribution < 1.29 is 4.79 Å². The summed E-state index contributed by atoms with van der Waals surface area (Å²) < 4.78 is 0.779. The predicted octanol–water partition coefficient (Wildman–Crippen LogP) is 2.78. The van der Waals surface area contributed by atoms with E-state index in [2.05, 4.69) is 26.2 Å². The first-order valence-corrected chi connectivity index (χ1v) is 7.01. The molecule has 0 saturated heterocycles. The van der Waals surface area contributed by atoms with Gasteiger partial charge in [-0.3, -0.25) is 9.59 Å². The Hall–Kier alpha value is -1.11. The Bertz CT molecular complexity index is 638. The SMILES string of the molecule is O=C(NCc1csc(=O)[nH]1)c1cc(Br)ccc1Cl. The van der Waals surface area contributed by atoms with Crippen molar-refractivity contribution in [3.8, 4) is 0 Å². The van der Waals surface area contributed by atoms with Gasteiger partial charge in [-0.15, -0.1) is 0 Å². The van der Waals surface area contributed by atoms with Crippen LogP contribution in [0.4, 0.5) is 0 Å². The Morgan fingerprint density at radius 1 is 1.50 bits per heavy atom. The molecule has 0 atom stereocenters. The number of hydrogen-bond donors (Lipinski definition) is 2. The molecule has 0 spiro atoms. The van der Waals surface area contributed by atoms with Gasteiger partial charge in [0.1, 0.15) is 0 Å². The summed E-state index contributed by atoms with van der Waals surface area (Å²) in [6, 6.07) is 5.05. The number of nitrogens with one attached hydrogen (secondary N) is 2. The van der Waals surface area contributed by atoms with Gasteiger partial charge in [-0.25, -0.2) is 0 Å². The third kappa shape index (κ3) is 3.22. The van der Waals surface area contributed by atoms with E-state index >= 15 is 0 Å². The van der Waals surface area contributed by atoms with Crippen molar-refractivity contribution in [1.82, 2.24) is 10.3 Å². The number of thiazole rings is 1. The van der Waals surface area contributed by atoms with E-state index in [1.165, 1.54) is 0 Å². The molecule has 0 radical (unpaired) electrons. The van der Waals surface area contributed by atoms with Gasteiger partial charge in [0.15, 0.2) is 0 Å². The zero-order chi connectivity index (χ0) is 13.1. The van der Waals surface area contributed by atoms with Gasteiger partial charge >= 0.3 is 4.87 Å². The van der Waals surface area contributed by atoms with Crippen molar-refractivity contribution in [2.45, 2.75) is 6.54 Å². The number of H-pyrrole nitrogens is 1. The summed E-state index contributed by atoms with van der Waals surface area (Å²) in [5.41, 5.74) is 1.06. The van der Waals surface area contributed by atoms with E-state index in [0.717, 1.165) is 15.8 Å². The smallest absolute Gasteiger partial charge is 0.304 e. The molecule has 1 heterocycles. The van der Waals surface area contributed by atoms with Crippen LogP contribution in [-0.4, -0.2) is 10.9 Å². The number of benzene rings is 1. The van der Waals surface area contributed by atoms with Crippen LogP contribution in [0.25, 0.3) is 0 Å². The highest BCUT2D eigenvalue weighted by molar-refractivity contribution is 9.10. The molecule has 0 fully saturated rings. The second-order valence-electron chi connectivity index (χ2n) is 3.48. The first kappa shape index (κ1) is 13.3. The van der Waals surface area contributed by atoms with Crippen LogP contribution in [-0.2, 0) is 6.54 Å². The van der Waals surface area contributed by atoms with Gasteiger partial charge < -0.3 is 10.3 Å². The van der Waals surface area contributed by atoms with Crippen LogP contribution in [0.2, 0.25) is 5.02 Å². The van der Waals surface area contributed by atoms with Crippen LogP contribution in [0.15, 0.2) is 32.8 Å². The minimum absolute atomic E-state index is 0.139. The molecule has 0 saturated carbocycles. The number of carbonyl (C=O) groups is 1. The molecule has 0 aliphatic carbocycles. The largest absolute Gasteiger partial charge is 0.346 e. The van der Waals surface area contributed by atoms with Gasteiger partial charge in [0.25, 0.3) is 5.91 Å². The molecule has 2 aromatic rings. The summed E-state index contributed by atoms with van der Waals surface area (Å²) in [5, 5.41) is 4.74. The molecule has 2 rings (SSSR count). The minimum Gasteiger partial charge on any atom is -0.346 e. The van der Waals surface area contributed by atoms with Crippen LogP contribution >= 0.6 is 38.9 Å². The van der Waals surface area contributed by atoms with Crippen LogP contribution in [0, 0.1) is 0 Å². The van der Waals surface area contributed by atoms with Gasteiger partial charge in [0.05, 0.1) is 17.1 Å². The quantitative estimate of drug-likeness (QED) is 0.897. The highest BCUT2D eigenvalue weighted by atomic mass is 79.9. The number of carbonyl (C=O) groups excluding carboxylic acids is 1. The maximum Gasteiger partial charge on any atom is 0.304 e. The van der Waals surface area contributed by atoms with Crippen molar-refractivity contribution in [2.75, 3.05) is 0 Å². The minimum atomic E-state index is -0.284. The lowest BCUT2D eigenvalue weighted by atomic mass is 10.2. The van der Waals surface area contributed by atoms with Crippen molar-refractivity contribution >= 4 is 44.8 Å². The fourth-order valence-electron chi connectivity index (χ4n) is 1.34. The van der Waals surface area contributed by atoms with Gasteiger partial charge in [-0.05, 0) is 18.2 Å². The molecule has 0 unspecified atom stereocenters. The van der Waals surface area contributed by atoms with Gasteiger partial charge in [0.2, 0.25) is 0 Å². The highest BCUT2D eigenvalue weighted by Crippen LogP contribution is 2.20. The average molecular weight is 348 g/mol. The van der Waals surface area contributed by atoms with E-state index in [-0.39, 0.29) is 17.3 Å². The lowest BCUT2D eigenvalue weighted by Crippen LogP contribution is -2.23. The molecule has 1 aromatic carbocycles. The van der Waals surface area contributed by atoms with Crippen molar-refractivity contribution in [1.29, 1.82) is 0 Å². The zero-order valence-electron chi connectivity index (χ0n) is 9.00. The van der Waals surface area contributed by atoms with Crippen LogP contribution in [0.3, 0.4) is 0 Å². The van der Waals surface area contributed by atoms with Gasteiger partial charge in [-0.1, -0.05) is 38.9 Å². The molecule has 4 nitrogen and oxygen atoms in total. The fourth-order valence-corrected chi connectivity index (χ4v) is 2.49. The molecule has 0 aliphatic heterocycles. The van der Waals surface area contributed by atoms with Gasteiger partial charge in [-0.2, -0.15) is 0 Å². The van der Waals surface area contributed by atoms with E-state index in [4.69, 9.17) is 11.6 Å². The fraction of sp³-hybridized carbons (Fsp3) is 0.0909. The van der Waals surface area contributed by atoms with Crippen LogP contribution in [0.1, 0.15) is 16.1 Å². The number of aromatic nitrogens is 1.